The molecular formula is C9H14N6O2. The standard InChI is InChI=1S/C9H14N6O2/c10-14-12-8(16)6-4-2-1-3-5-7-9(17)13-15-11/h1-7H2. The van der Waals surface area contributed by atoms with E-state index in [0.29, 0.717) is 12.8 Å². The van der Waals surface area contributed by atoms with Crippen molar-refractivity contribution in [1.82, 2.24) is 0 Å². The summed E-state index contributed by atoms with van der Waals surface area (Å²) in [6.07, 6.45) is 4.49. The van der Waals surface area contributed by atoms with Crippen LogP contribution in [0.3, 0.4) is 0 Å². The highest BCUT2D eigenvalue weighted by Gasteiger charge is 1.99. The molecule has 0 bridgehead atoms. The number of unbranched alkanes of at least 4 members (excludes halogenated alkanes) is 4. The third kappa shape index (κ3) is 10.2. The molecular weight excluding hydrogens is 224 g/mol. The predicted molar refractivity (Wildman–Crippen MR) is 60.6 cm³/mol. The molecule has 0 aromatic rings. The molecule has 0 aliphatic carbocycles. The Balaban J connectivity index is 3.35. The van der Waals surface area contributed by atoms with E-state index in [0.717, 1.165) is 19.3 Å². The summed E-state index contributed by atoms with van der Waals surface area (Å²) < 4.78 is 0. The molecule has 0 unspecified atom stereocenters. The van der Waals surface area contributed by atoms with Gasteiger partial charge in [0.2, 0.25) is 11.8 Å². The largest absolute Gasteiger partial charge is 0.293 e. The highest BCUT2D eigenvalue weighted by atomic mass is 16.2. The van der Waals surface area contributed by atoms with E-state index in [1.807, 2.05) is 0 Å². The second-order valence-electron chi connectivity index (χ2n) is 3.43. The van der Waals surface area contributed by atoms with Crippen LogP contribution in [-0.4, -0.2) is 11.8 Å². The maximum atomic E-state index is 10.8. The normalized spacial score (nSPS) is 8.94. The second kappa shape index (κ2) is 10.5. The molecule has 0 fully saturated rings. The molecule has 0 saturated heterocycles. The molecule has 2 amide bonds. The van der Waals surface area contributed by atoms with E-state index in [1.165, 1.54) is 0 Å². The fraction of sp³-hybridized carbons (Fsp3) is 0.778. The summed E-state index contributed by atoms with van der Waals surface area (Å²) in [4.78, 5) is 26.4. The van der Waals surface area contributed by atoms with E-state index < -0.39 is 11.8 Å². The fourth-order valence-corrected chi connectivity index (χ4v) is 1.28. The lowest BCUT2D eigenvalue weighted by atomic mass is 10.1. The molecule has 0 N–H and O–H groups in total. The predicted octanol–water partition coefficient (Wildman–Crippen LogP) is 3.39. The molecule has 0 aliphatic rings. The van der Waals surface area contributed by atoms with Gasteiger partial charge in [0.25, 0.3) is 0 Å². The Labute approximate surface area is 98.2 Å². The smallest absolute Gasteiger partial charge is 0.218 e. The molecule has 0 spiro atoms. The quantitative estimate of drug-likeness (QED) is 0.277. The second-order valence-corrected chi connectivity index (χ2v) is 3.43. The Morgan fingerprint density at radius 2 is 1.12 bits per heavy atom. The number of carbonyl (C=O) groups is 2. The van der Waals surface area contributed by atoms with Crippen LogP contribution >= 0.6 is 0 Å². The van der Waals surface area contributed by atoms with Crippen LogP contribution in [0.5, 0.6) is 0 Å². The first kappa shape index (κ1) is 15.0. The first-order chi connectivity index (χ1) is 8.20. The summed E-state index contributed by atoms with van der Waals surface area (Å²) in [5.74, 6) is -0.878. The van der Waals surface area contributed by atoms with Gasteiger partial charge in [-0.15, -0.1) is 0 Å². The third-order valence-corrected chi connectivity index (χ3v) is 2.09. The van der Waals surface area contributed by atoms with E-state index in [4.69, 9.17) is 11.1 Å². The number of nitrogens with zero attached hydrogens (tertiary/aromatic N) is 6. The van der Waals surface area contributed by atoms with Crippen LogP contribution in [-0.2, 0) is 9.59 Å². The van der Waals surface area contributed by atoms with Crippen LogP contribution in [0.1, 0.15) is 44.9 Å². The molecule has 0 heterocycles. The van der Waals surface area contributed by atoms with Crippen molar-refractivity contribution in [1.29, 1.82) is 0 Å². The van der Waals surface area contributed by atoms with Crippen LogP contribution in [0.15, 0.2) is 10.2 Å². The van der Waals surface area contributed by atoms with Gasteiger partial charge in [0, 0.05) is 22.7 Å². The number of hydrogen-bond donors (Lipinski definition) is 0. The van der Waals surface area contributed by atoms with Gasteiger partial charge in [-0.25, -0.2) is 0 Å². The van der Waals surface area contributed by atoms with E-state index in [2.05, 4.69) is 20.1 Å². The minimum absolute atomic E-state index is 0.266. The van der Waals surface area contributed by atoms with Gasteiger partial charge in [0.1, 0.15) is 0 Å². The SMILES string of the molecule is [N-]=[N+]=NC(=O)CCCCCCCC(=O)N=[N+]=[N-]. The number of azide groups is 2. The number of rotatable bonds is 8. The zero-order valence-corrected chi connectivity index (χ0v) is 9.45. The van der Waals surface area contributed by atoms with Crippen LogP contribution in [0, 0.1) is 0 Å². The van der Waals surface area contributed by atoms with Gasteiger partial charge in [0.05, 0.1) is 0 Å². The number of amides is 2. The van der Waals surface area contributed by atoms with Crippen LogP contribution in [0.2, 0.25) is 0 Å². The maximum absolute atomic E-state index is 10.8. The molecule has 0 aliphatic heterocycles. The summed E-state index contributed by atoms with van der Waals surface area (Å²) in [5, 5.41) is 5.91. The highest BCUT2D eigenvalue weighted by Crippen LogP contribution is 2.08. The lowest BCUT2D eigenvalue weighted by Gasteiger charge is -1.98. The molecule has 0 aromatic heterocycles. The van der Waals surface area contributed by atoms with Crippen molar-refractivity contribution in [2.24, 2.45) is 10.2 Å². The summed E-state index contributed by atoms with van der Waals surface area (Å²) >= 11 is 0. The molecule has 8 heteroatoms. The van der Waals surface area contributed by atoms with E-state index in [9.17, 15) is 9.59 Å². The van der Waals surface area contributed by atoms with Crippen molar-refractivity contribution in [3.8, 4) is 0 Å². The Morgan fingerprint density at radius 1 is 0.765 bits per heavy atom. The molecule has 0 rings (SSSR count). The third-order valence-electron chi connectivity index (χ3n) is 2.09. The Hall–Kier alpha value is -2.04. The van der Waals surface area contributed by atoms with Crippen LogP contribution in [0.25, 0.3) is 20.9 Å². The van der Waals surface area contributed by atoms with Crippen molar-refractivity contribution < 1.29 is 9.59 Å². The van der Waals surface area contributed by atoms with Crippen molar-refractivity contribution in [2.45, 2.75) is 44.9 Å². The summed E-state index contributed by atoms with van der Waals surface area (Å²) in [5.41, 5.74) is 16.0. The summed E-state index contributed by atoms with van der Waals surface area (Å²) in [6.45, 7) is 0. The first-order valence-corrected chi connectivity index (χ1v) is 5.36. The maximum Gasteiger partial charge on any atom is 0.218 e. The molecule has 8 nitrogen and oxygen atoms in total. The molecule has 0 radical (unpaired) electrons. The lowest BCUT2D eigenvalue weighted by molar-refractivity contribution is -0.118. The summed E-state index contributed by atoms with van der Waals surface area (Å²) in [6, 6.07) is 0. The molecule has 17 heavy (non-hydrogen) atoms. The Kier molecular flexibility index (Phi) is 9.22. The van der Waals surface area contributed by atoms with Gasteiger partial charge in [-0.3, -0.25) is 9.59 Å². The number of carbonyl (C=O) groups excluding carboxylic acids is 2. The Bertz CT molecular complexity index is 320. The van der Waals surface area contributed by atoms with Gasteiger partial charge >= 0.3 is 0 Å². The fourth-order valence-electron chi connectivity index (χ4n) is 1.28. The van der Waals surface area contributed by atoms with E-state index >= 15 is 0 Å². The van der Waals surface area contributed by atoms with Gasteiger partial charge < -0.3 is 0 Å². The van der Waals surface area contributed by atoms with Crippen LogP contribution in [0.4, 0.5) is 0 Å². The monoisotopic (exact) mass is 238 g/mol. The topological polar surface area (TPSA) is 132 Å². The Morgan fingerprint density at radius 3 is 1.47 bits per heavy atom. The van der Waals surface area contributed by atoms with Crippen molar-refractivity contribution in [3.63, 3.8) is 0 Å². The molecule has 0 aromatic carbocycles. The van der Waals surface area contributed by atoms with E-state index in [-0.39, 0.29) is 12.8 Å². The summed E-state index contributed by atoms with van der Waals surface area (Å²) in [7, 11) is 0. The van der Waals surface area contributed by atoms with E-state index in [1.54, 1.807) is 0 Å². The highest BCUT2D eigenvalue weighted by molar-refractivity contribution is 5.76. The number of hydrogen-bond acceptors (Lipinski definition) is 2. The lowest BCUT2D eigenvalue weighted by Crippen LogP contribution is -1.92. The zero-order valence-electron chi connectivity index (χ0n) is 9.45. The average molecular weight is 238 g/mol. The average Bonchev–Trinajstić information content (AvgIpc) is 2.28. The van der Waals surface area contributed by atoms with Gasteiger partial charge in [0.15, 0.2) is 0 Å². The minimum atomic E-state index is -0.439. The van der Waals surface area contributed by atoms with Gasteiger partial charge in [-0.05, 0) is 34.1 Å². The van der Waals surface area contributed by atoms with Crippen molar-refractivity contribution in [3.05, 3.63) is 20.9 Å². The minimum Gasteiger partial charge on any atom is -0.293 e. The zero-order chi connectivity index (χ0) is 12.9. The van der Waals surface area contributed by atoms with Gasteiger partial charge in [-0.1, -0.05) is 19.3 Å². The van der Waals surface area contributed by atoms with Gasteiger partial charge in [-0.2, -0.15) is 0 Å². The molecule has 0 saturated carbocycles. The van der Waals surface area contributed by atoms with Crippen molar-refractivity contribution >= 4 is 11.8 Å². The first-order valence-electron chi connectivity index (χ1n) is 5.36. The molecule has 0 atom stereocenters. The van der Waals surface area contributed by atoms with Crippen LogP contribution < -0.4 is 0 Å². The van der Waals surface area contributed by atoms with Crippen molar-refractivity contribution in [2.75, 3.05) is 0 Å². The molecule has 92 valence electrons.